The Morgan fingerprint density at radius 2 is 1.95 bits per heavy atom. The van der Waals surface area contributed by atoms with Crippen LogP contribution in [0.1, 0.15) is 34.1 Å². The molecule has 0 spiro atoms. The van der Waals surface area contributed by atoms with Crippen LogP contribution in [-0.4, -0.2) is 10.7 Å². The number of rotatable bonds is 8. The Bertz CT molecular complexity index is 456. The molecule has 0 saturated heterocycles. The zero-order valence-corrected chi connectivity index (χ0v) is 13.6. The molecule has 3 heteroatoms. The van der Waals surface area contributed by atoms with Crippen LogP contribution in [0.2, 0.25) is 0 Å². The molecule has 0 saturated carbocycles. The summed E-state index contributed by atoms with van der Waals surface area (Å²) in [4.78, 5) is 1.27. The molecule has 0 aromatic heterocycles. The third kappa shape index (κ3) is 5.94. The summed E-state index contributed by atoms with van der Waals surface area (Å²) in [6.45, 7) is 14.8. The Hall–Kier alpha value is -1.90. The molecule has 0 aliphatic heterocycles. The van der Waals surface area contributed by atoms with Crippen LogP contribution < -0.4 is 0 Å². The van der Waals surface area contributed by atoms with E-state index in [0.717, 1.165) is 0 Å². The normalized spacial score (nSPS) is 14.4. The fourth-order valence-corrected chi connectivity index (χ4v) is 1.75. The van der Waals surface area contributed by atoms with Gasteiger partial charge in [-0.2, -0.15) is 4.39 Å². The van der Waals surface area contributed by atoms with E-state index in [1.165, 1.54) is 11.1 Å². The lowest BCUT2D eigenvalue weighted by atomic mass is 9.96. The summed E-state index contributed by atoms with van der Waals surface area (Å²) in [5, 5.41) is 8.07. The van der Waals surface area contributed by atoms with Gasteiger partial charge in [0.1, 0.15) is 5.84 Å². The van der Waals surface area contributed by atoms with Crippen molar-refractivity contribution in [2.24, 2.45) is 11.8 Å². The molecule has 1 N–H and O–H groups in total. The van der Waals surface area contributed by atoms with E-state index in [0.29, 0.717) is 12.0 Å². The van der Waals surface area contributed by atoms with Gasteiger partial charge in [-0.05, 0) is 31.9 Å². The Morgan fingerprint density at radius 1 is 1.33 bits per heavy atom. The minimum atomic E-state index is -0.416. The largest absolute Gasteiger partial charge is 0.288 e. The molecular weight excluding hydrogens is 263 g/mol. The highest BCUT2D eigenvalue weighted by atomic mass is 19.1. The van der Waals surface area contributed by atoms with Gasteiger partial charge in [-0.3, -0.25) is 10.3 Å². The highest BCUT2D eigenvalue weighted by Crippen LogP contribution is 2.25. The van der Waals surface area contributed by atoms with E-state index in [1.54, 1.807) is 25.2 Å². The first kappa shape index (κ1) is 19.1. The highest BCUT2D eigenvalue weighted by molar-refractivity contribution is 5.83. The standard InChI is InChI=1S/C18H27FN2/c1-7-10-12-16(9-3)15(6)17(19)21(13-11-8-2)18(20)14(4)5/h7-11,13-14,16,20H,2-3,12H2,1,4-6H3/b10-7+,13-11-,17-15+,20-18?. The number of amidine groups is 1. The zero-order valence-electron chi connectivity index (χ0n) is 13.6. The second-order valence-electron chi connectivity index (χ2n) is 5.11. The highest BCUT2D eigenvalue weighted by Gasteiger charge is 2.20. The van der Waals surface area contributed by atoms with Crippen LogP contribution in [0.5, 0.6) is 0 Å². The Kier molecular flexibility index (Phi) is 9.02. The summed E-state index contributed by atoms with van der Waals surface area (Å²) in [6, 6.07) is 0. The predicted molar refractivity (Wildman–Crippen MR) is 90.7 cm³/mol. The molecule has 0 aromatic rings. The fourth-order valence-electron chi connectivity index (χ4n) is 1.75. The zero-order chi connectivity index (χ0) is 16.4. The monoisotopic (exact) mass is 290 g/mol. The predicted octanol–water partition coefficient (Wildman–Crippen LogP) is 5.59. The third-order valence-corrected chi connectivity index (χ3v) is 3.18. The van der Waals surface area contributed by atoms with E-state index in [-0.39, 0.29) is 17.7 Å². The molecule has 0 fully saturated rings. The van der Waals surface area contributed by atoms with Crippen molar-refractivity contribution in [2.45, 2.75) is 34.1 Å². The summed E-state index contributed by atoms with van der Waals surface area (Å²) in [6.07, 6.45) is 11.1. The van der Waals surface area contributed by atoms with Crippen molar-refractivity contribution in [3.05, 3.63) is 61.3 Å². The summed E-state index contributed by atoms with van der Waals surface area (Å²) >= 11 is 0. The summed E-state index contributed by atoms with van der Waals surface area (Å²) in [7, 11) is 0. The van der Waals surface area contributed by atoms with Crippen molar-refractivity contribution < 1.29 is 4.39 Å². The maximum Gasteiger partial charge on any atom is 0.198 e. The first-order valence-corrected chi connectivity index (χ1v) is 7.17. The molecule has 0 heterocycles. The van der Waals surface area contributed by atoms with Gasteiger partial charge >= 0.3 is 0 Å². The van der Waals surface area contributed by atoms with Crippen LogP contribution >= 0.6 is 0 Å². The lowest BCUT2D eigenvalue weighted by Crippen LogP contribution is -2.28. The van der Waals surface area contributed by atoms with Gasteiger partial charge in [0, 0.05) is 18.0 Å². The maximum absolute atomic E-state index is 14.8. The van der Waals surface area contributed by atoms with Gasteiger partial charge in [0.05, 0.1) is 0 Å². The molecule has 0 radical (unpaired) electrons. The smallest absolute Gasteiger partial charge is 0.198 e. The van der Waals surface area contributed by atoms with Crippen LogP contribution in [0, 0.1) is 17.2 Å². The van der Waals surface area contributed by atoms with Crippen LogP contribution in [0.4, 0.5) is 4.39 Å². The second kappa shape index (κ2) is 9.92. The average molecular weight is 290 g/mol. The molecule has 1 unspecified atom stereocenters. The summed E-state index contributed by atoms with van der Waals surface area (Å²) < 4.78 is 14.8. The number of allylic oxidation sites excluding steroid dienone is 6. The molecule has 116 valence electrons. The van der Waals surface area contributed by atoms with Gasteiger partial charge in [-0.1, -0.05) is 44.7 Å². The van der Waals surface area contributed by atoms with E-state index >= 15 is 0 Å². The van der Waals surface area contributed by atoms with Gasteiger partial charge in [0.15, 0.2) is 5.95 Å². The topological polar surface area (TPSA) is 27.1 Å². The third-order valence-electron chi connectivity index (χ3n) is 3.18. The molecule has 0 rings (SSSR count). The van der Waals surface area contributed by atoms with Crippen molar-refractivity contribution in [3.8, 4) is 0 Å². The Morgan fingerprint density at radius 3 is 2.38 bits per heavy atom. The number of nitrogens with one attached hydrogen (secondary N) is 1. The number of hydrogen-bond acceptors (Lipinski definition) is 1. The van der Waals surface area contributed by atoms with E-state index < -0.39 is 5.95 Å². The van der Waals surface area contributed by atoms with Crippen molar-refractivity contribution in [3.63, 3.8) is 0 Å². The van der Waals surface area contributed by atoms with E-state index in [9.17, 15) is 4.39 Å². The SMILES string of the molecule is C=C/C=C\N(C(=N)C(C)C)/C(F)=C(\C)C(C=C)C/C=C/C. The molecule has 0 aromatic carbocycles. The molecule has 0 aliphatic carbocycles. The van der Waals surface area contributed by atoms with Crippen LogP contribution in [-0.2, 0) is 0 Å². The molecular formula is C18H27FN2. The lowest BCUT2D eigenvalue weighted by Gasteiger charge is -2.24. The van der Waals surface area contributed by atoms with Gasteiger partial charge in [0.25, 0.3) is 0 Å². The minimum Gasteiger partial charge on any atom is -0.288 e. The molecule has 2 nitrogen and oxygen atoms in total. The quantitative estimate of drug-likeness (QED) is 0.204. The second-order valence-corrected chi connectivity index (χ2v) is 5.11. The number of hydrogen-bond donors (Lipinski definition) is 1. The number of nitrogens with zero attached hydrogens (tertiary/aromatic N) is 1. The molecule has 0 amide bonds. The van der Waals surface area contributed by atoms with Crippen molar-refractivity contribution in [2.75, 3.05) is 0 Å². The van der Waals surface area contributed by atoms with E-state index in [2.05, 4.69) is 13.2 Å². The van der Waals surface area contributed by atoms with Crippen molar-refractivity contribution >= 4 is 5.84 Å². The molecule has 1 atom stereocenters. The lowest BCUT2D eigenvalue weighted by molar-refractivity contribution is 0.429. The maximum atomic E-state index is 14.8. The van der Waals surface area contributed by atoms with Gasteiger partial charge < -0.3 is 0 Å². The first-order valence-electron chi connectivity index (χ1n) is 7.17. The minimum absolute atomic E-state index is 0.0734. The Balaban J connectivity index is 5.58. The molecule has 0 aliphatic rings. The van der Waals surface area contributed by atoms with Crippen LogP contribution in [0.15, 0.2) is 61.3 Å². The van der Waals surface area contributed by atoms with Crippen LogP contribution in [0.25, 0.3) is 0 Å². The molecule has 0 bridgehead atoms. The van der Waals surface area contributed by atoms with E-state index in [4.69, 9.17) is 5.41 Å². The van der Waals surface area contributed by atoms with Crippen molar-refractivity contribution in [1.82, 2.24) is 4.90 Å². The summed E-state index contributed by atoms with van der Waals surface area (Å²) in [5.74, 6) is -0.364. The van der Waals surface area contributed by atoms with Crippen LogP contribution in [0.3, 0.4) is 0 Å². The van der Waals surface area contributed by atoms with Gasteiger partial charge in [0.2, 0.25) is 0 Å². The Labute approximate surface area is 128 Å². The van der Waals surface area contributed by atoms with Gasteiger partial charge in [-0.15, -0.1) is 6.58 Å². The molecule has 21 heavy (non-hydrogen) atoms. The van der Waals surface area contributed by atoms with Gasteiger partial charge in [-0.25, -0.2) is 0 Å². The van der Waals surface area contributed by atoms with E-state index in [1.807, 2.05) is 32.9 Å². The number of halogens is 1. The first-order chi connectivity index (χ1) is 9.90. The average Bonchev–Trinajstić information content (AvgIpc) is 2.47. The fraction of sp³-hybridized carbons (Fsp3) is 0.389. The summed E-state index contributed by atoms with van der Waals surface area (Å²) in [5.41, 5.74) is 0.571. The van der Waals surface area contributed by atoms with Crippen molar-refractivity contribution in [1.29, 1.82) is 5.41 Å².